The molecule has 1 N–H and O–H groups in total. The van der Waals surface area contributed by atoms with Crippen LogP contribution in [-0.4, -0.2) is 34.8 Å². The summed E-state index contributed by atoms with van der Waals surface area (Å²) in [5.41, 5.74) is -0.712. The lowest BCUT2D eigenvalue weighted by Crippen LogP contribution is -2.70. The lowest BCUT2D eigenvalue weighted by Gasteiger charge is -2.47. The second-order valence-corrected chi connectivity index (χ2v) is 6.64. The van der Waals surface area contributed by atoms with Crippen LogP contribution in [-0.2, 0) is 9.59 Å². The zero-order chi connectivity index (χ0) is 14.2. The summed E-state index contributed by atoms with van der Waals surface area (Å²) in [4.78, 5) is 26.8. The Labute approximate surface area is 115 Å². The first-order valence-corrected chi connectivity index (χ1v) is 7.50. The van der Waals surface area contributed by atoms with Crippen LogP contribution in [0.2, 0.25) is 0 Å². The predicted molar refractivity (Wildman–Crippen MR) is 74.5 cm³/mol. The van der Waals surface area contributed by atoms with E-state index in [2.05, 4.69) is 12.2 Å². The third-order valence-corrected chi connectivity index (χ3v) is 4.93. The number of carbonyl (C=O) groups excluding carboxylic acids is 2. The van der Waals surface area contributed by atoms with Gasteiger partial charge >= 0.3 is 0 Å². The van der Waals surface area contributed by atoms with Crippen LogP contribution in [0, 0.1) is 11.8 Å². The number of nitrogens with one attached hydrogen (secondary N) is 1. The monoisotopic (exact) mass is 266 g/mol. The first-order valence-electron chi connectivity index (χ1n) is 7.50. The molecule has 2 unspecified atom stereocenters. The van der Waals surface area contributed by atoms with E-state index in [1.807, 2.05) is 25.7 Å². The third-order valence-electron chi connectivity index (χ3n) is 4.93. The minimum atomic E-state index is -0.712. The number of piperazine rings is 1. The van der Waals surface area contributed by atoms with Crippen LogP contribution in [0.5, 0.6) is 0 Å². The maximum absolute atomic E-state index is 12.7. The molecule has 0 aromatic carbocycles. The second-order valence-electron chi connectivity index (χ2n) is 6.64. The van der Waals surface area contributed by atoms with Crippen LogP contribution >= 0.6 is 0 Å². The molecule has 4 nitrogen and oxygen atoms in total. The number of hydrogen-bond donors (Lipinski definition) is 1. The molecule has 2 aliphatic rings. The molecule has 1 saturated heterocycles. The van der Waals surface area contributed by atoms with E-state index in [1.165, 1.54) is 19.3 Å². The van der Waals surface area contributed by atoms with Crippen LogP contribution in [0.1, 0.15) is 53.4 Å². The van der Waals surface area contributed by atoms with Crippen molar-refractivity contribution < 1.29 is 9.59 Å². The highest BCUT2D eigenvalue weighted by Gasteiger charge is 2.48. The maximum Gasteiger partial charge on any atom is 0.246 e. The lowest BCUT2D eigenvalue weighted by atomic mass is 9.82. The molecule has 0 aromatic rings. The Hall–Kier alpha value is -1.06. The van der Waals surface area contributed by atoms with Gasteiger partial charge in [-0.15, -0.1) is 0 Å². The highest BCUT2D eigenvalue weighted by Crippen LogP contribution is 2.32. The van der Waals surface area contributed by atoms with Gasteiger partial charge in [0, 0.05) is 6.54 Å². The number of carbonyl (C=O) groups is 2. The molecular weight excluding hydrogens is 240 g/mol. The molecule has 1 heterocycles. The summed E-state index contributed by atoms with van der Waals surface area (Å²) in [6.07, 6.45) is 4.54. The van der Waals surface area contributed by atoms with Crippen LogP contribution in [0.15, 0.2) is 0 Å². The molecule has 1 aliphatic heterocycles. The van der Waals surface area contributed by atoms with Crippen molar-refractivity contribution in [2.24, 2.45) is 11.8 Å². The molecule has 2 fully saturated rings. The Bertz CT molecular complexity index is 374. The summed E-state index contributed by atoms with van der Waals surface area (Å²) in [6.45, 7) is 8.53. The van der Waals surface area contributed by atoms with E-state index >= 15 is 0 Å². The van der Waals surface area contributed by atoms with E-state index in [-0.39, 0.29) is 23.8 Å². The lowest BCUT2D eigenvalue weighted by molar-refractivity contribution is -0.158. The van der Waals surface area contributed by atoms with Crippen LogP contribution in [0.3, 0.4) is 0 Å². The van der Waals surface area contributed by atoms with Gasteiger partial charge in [-0.1, -0.05) is 26.7 Å². The second kappa shape index (κ2) is 5.14. The maximum atomic E-state index is 12.7. The topological polar surface area (TPSA) is 49.4 Å². The minimum Gasteiger partial charge on any atom is -0.342 e. The van der Waals surface area contributed by atoms with Gasteiger partial charge in [0.15, 0.2) is 0 Å². The predicted octanol–water partition coefficient (Wildman–Crippen LogP) is 1.94. The molecule has 1 saturated carbocycles. The number of hydrogen-bond acceptors (Lipinski definition) is 2. The summed E-state index contributed by atoms with van der Waals surface area (Å²) in [5, 5.41) is 2.92. The smallest absolute Gasteiger partial charge is 0.246 e. The SMILES string of the molecule is CCC(C)C1NC(=O)C(C)(C)N(CC2CCC2)C1=O. The van der Waals surface area contributed by atoms with E-state index < -0.39 is 5.54 Å². The van der Waals surface area contributed by atoms with Crippen molar-refractivity contribution in [3.8, 4) is 0 Å². The summed E-state index contributed by atoms with van der Waals surface area (Å²) in [6, 6.07) is -0.342. The number of nitrogens with zero attached hydrogens (tertiary/aromatic N) is 1. The molecule has 0 aromatic heterocycles. The highest BCUT2D eigenvalue weighted by atomic mass is 16.2. The molecule has 0 spiro atoms. The van der Waals surface area contributed by atoms with Crippen molar-refractivity contribution in [2.75, 3.05) is 6.54 Å². The van der Waals surface area contributed by atoms with E-state index in [4.69, 9.17) is 0 Å². The molecule has 1 aliphatic carbocycles. The summed E-state index contributed by atoms with van der Waals surface area (Å²) >= 11 is 0. The van der Waals surface area contributed by atoms with E-state index in [0.29, 0.717) is 5.92 Å². The first kappa shape index (κ1) is 14.4. The van der Waals surface area contributed by atoms with Gasteiger partial charge < -0.3 is 10.2 Å². The van der Waals surface area contributed by atoms with Crippen LogP contribution < -0.4 is 5.32 Å². The summed E-state index contributed by atoms with van der Waals surface area (Å²) in [5.74, 6) is 0.866. The van der Waals surface area contributed by atoms with Crippen molar-refractivity contribution in [1.29, 1.82) is 0 Å². The average Bonchev–Trinajstić information content (AvgIpc) is 2.30. The summed E-state index contributed by atoms with van der Waals surface area (Å²) in [7, 11) is 0. The van der Waals surface area contributed by atoms with Gasteiger partial charge in [-0.2, -0.15) is 0 Å². The standard InChI is InChI=1S/C15H26N2O2/c1-5-10(2)12-13(18)17(9-11-7-6-8-11)15(3,4)14(19)16-12/h10-12H,5-9H2,1-4H3,(H,16,19). The molecule has 0 radical (unpaired) electrons. The fourth-order valence-corrected chi connectivity index (χ4v) is 2.82. The van der Waals surface area contributed by atoms with Crippen LogP contribution in [0.25, 0.3) is 0 Å². The van der Waals surface area contributed by atoms with Gasteiger partial charge in [0.1, 0.15) is 11.6 Å². The van der Waals surface area contributed by atoms with Gasteiger partial charge in [0.2, 0.25) is 11.8 Å². The van der Waals surface area contributed by atoms with Gasteiger partial charge in [0.05, 0.1) is 0 Å². The molecule has 2 atom stereocenters. The molecule has 2 amide bonds. The van der Waals surface area contributed by atoms with Crippen LogP contribution in [0.4, 0.5) is 0 Å². The largest absolute Gasteiger partial charge is 0.342 e. The van der Waals surface area contributed by atoms with Gasteiger partial charge in [0.25, 0.3) is 0 Å². The van der Waals surface area contributed by atoms with Crippen molar-refractivity contribution >= 4 is 11.8 Å². The Morgan fingerprint density at radius 2 is 2.00 bits per heavy atom. The normalized spacial score (nSPS) is 28.8. The fourth-order valence-electron chi connectivity index (χ4n) is 2.82. The number of rotatable bonds is 4. The van der Waals surface area contributed by atoms with Gasteiger partial charge in [-0.05, 0) is 38.5 Å². The highest BCUT2D eigenvalue weighted by molar-refractivity contribution is 5.99. The zero-order valence-electron chi connectivity index (χ0n) is 12.5. The minimum absolute atomic E-state index is 0.0169. The zero-order valence-corrected chi connectivity index (χ0v) is 12.5. The quantitative estimate of drug-likeness (QED) is 0.845. The fraction of sp³-hybridized carbons (Fsp3) is 0.867. The molecule has 2 rings (SSSR count). The summed E-state index contributed by atoms with van der Waals surface area (Å²) < 4.78 is 0. The molecule has 4 heteroatoms. The van der Waals surface area contributed by atoms with E-state index in [0.717, 1.165) is 13.0 Å². The first-order chi connectivity index (χ1) is 8.87. The Morgan fingerprint density at radius 1 is 1.37 bits per heavy atom. The van der Waals surface area contributed by atoms with E-state index in [9.17, 15) is 9.59 Å². The third kappa shape index (κ3) is 2.49. The molecule has 0 bridgehead atoms. The molecular formula is C15H26N2O2. The Kier molecular flexibility index (Phi) is 3.88. The Morgan fingerprint density at radius 3 is 2.47 bits per heavy atom. The molecule has 19 heavy (non-hydrogen) atoms. The Balaban J connectivity index is 2.18. The average molecular weight is 266 g/mol. The molecule has 108 valence electrons. The van der Waals surface area contributed by atoms with Crippen molar-refractivity contribution in [1.82, 2.24) is 10.2 Å². The van der Waals surface area contributed by atoms with Crippen molar-refractivity contribution in [2.45, 2.75) is 65.0 Å². The van der Waals surface area contributed by atoms with E-state index in [1.54, 1.807) is 0 Å². The van der Waals surface area contributed by atoms with Crippen molar-refractivity contribution in [3.63, 3.8) is 0 Å². The number of amides is 2. The van der Waals surface area contributed by atoms with Crippen molar-refractivity contribution in [3.05, 3.63) is 0 Å². The van der Waals surface area contributed by atoms with Gasteiger partial charge in [-0.3, -0.25) is 9.59 Å². The van der Waals surface area contributed by atoms with Gasteiger partial charge in [-0.25, -0.2) is 0 Å².